The van der Waals surface area contributed by atoms with E-state index >= 15 is 0 Å². The summed E-state index contributed by atoms with van der Waals surface area (Å²) >= 11 is 2.49. The van der Waals surface area contributed by atoms with Gasteiger partial charge in [0.25, 0.3) is 5.91 Å². The average Bonchev–Trinajstić information content (AvgIpc) is 3.12. The number of amides is 1. The first-order valence-electron chi connectivity index (χ1n) is 5.91. The molecular formula is C14H12N2O3S2. The van der Waals surface area contributed by atoms with E-state index in [1.165, 1.54) is 29.8 Å². The predicted molar refractivity (Wildman–Crippen MR) is 83.9 cm³/mol. The van der Waals surface area contributed by atoms with E-state index in [2.05, 4.69) is 21.9 Å². The molecule has 0 spiro atoms. The van der Waals surface area contributed by atoms with Gasteiger partial charge in [-0.1, -0.05) is 11.8 Å². The molecule has 0 saturated carbocycles. The summed E-state index contributed by atoms with van der Waals surface area (Å²) in [5.74, 6) is 4.78. The van der Waals surface area contributed by atoms with Gasteiger partial charge >= 0.3 is 5.97 Å². The Labute approximate surface area is 129 Å². The average molecular weight is 320 g/mol. The van der Waals surface area contributed by atoms with Gasteiger partial charge in [-0.2, -0.15) is 0 Å². The number of methoxy groups -OCH3 is 1. The summed E-state index contributed by atoms with van der Waals surface area (Å²) in [6.45, 7) is 0.230. The topological polar surface area (TPSA) is 81.4 Å². The number of carbonyl (C=O) groups excluding carboxylic acids is 2. The van der Waals surface area contributed by atoms with E-state index in [9.17, 15) is 9.59 Å². The Morgan fingerprint density at radius 3 is 2.71 bits per heavy atom. The summed E-state index contributed by atoms with van der Waals surface area (Å²) in [7, 11) is 1.30. The van der Waals surface area contributed by atoms with Crippen LogP contribution in [-0.4, -0.2) is 25.5 Å². The summed E-state index contributed by atoms with van der Waals surface area (Å²) in [5, 5.41) is 6.20. The van der Waals surface area contributed by atoms with E-state index in [0.29, 0.717) is 21.0 Å². The monoisotopic (exact) mass is 320 g/mol. The lowest BCUT2D eigenvalue weighted by molar-refractivity contribution is 0.0607. The van der Waals surface area contributed by atoms with Crippen LogP contribution in [0.25, 0.3) is 0 Å². The van der Waals surface area contributed by atoms with Crippen molar-refractivity contribution in [2.75, 3.05) is 19.0 Å². The van der Waals surface area contributed by atoms with Crippen LogP contribution in [0.15, 0.2) is 22.9 Å². The fraction of sp³-hybridized carbons (Fsp3) is 0.143. The fourth-order valence-corrected chi connectivity index (χ4v) is 3.08. The largest absolute Gasteiger partial charge is 0.465 e. The second-order valence-electron chi connectivity index (χ2n) is 3.78. The first-order valence-corrected chi connectivity index (χ1v) is 7.67. The highest BCUT2D eigenvalue weighted by Crippen LogP contribution is 2.25. The Kier molecular flexibility index (Phi) is 5.11. The highest BCUT2D eigenvalue weighted by atomic mass is 32.1. The number of carbonyl (C=O) groups is 2. The molecule has 5 nitrogen and oxygen atoms in total. The number of hydrogen-bond acceptors (Lipinski definition) is 6. The maximum atomic E-state index is 12.3. The molecule has 2 aromatic rings. The predicted octanol–water partition coefficient (Wildman–Crippen LogP) is 2.16. The van der Waals surface area contributed by atoms with E-state index in [1.54, 1.807) is 22.9 Å². The molecule has 0 saturated heterocycles. The van der Waals surface area contributed by atoms with Crippen LogP contribution in [0.1, 0.15) is 24.9 Å². The maximum absolute atomic E-state index is 12.3. The zero-order chi connectivity index (χ0) is 15.2. The molecule has 1 amide bonds. The van der Waals surface area contributed by atoms with Gasteiger partial charge in [0.15, 0.2) is 0 Å². The van der Waals surface area contributed by atoms with Gasteiger partial charge in [0.1, 0.15) is 9.75 Å². The van der Waals surface area contributed by atoms with Crippen LogP contribution in [0.4, 0.5) is 5.69 Å². The van der Waals surface area contributed by atoms with Gasteiger partial charge in [-0.25, -0.2) is 4.79 Å². The van der Waals surface area contributed by atoms with Gasteiger partial charge in [-0.05, 0) is 22.9 Å². The normalized spacial score (nSPS) is 9.62. The summed E-state index contributed by atoms with van der Waals surface area (Å²) < 4.78 is 4.67. The van der Waals surface area contributed by atoms with E-state index in [-0.39, 0.29) is 12.5 Å². The Bertz CT molecular complexity index is 722. The molecule has 7 heteroatoms. The van der Waals surface area contributed by atoms with Crippen molar-refractivity contribution >= 4 is 40.2 Å². The Hall–Kier alpha value is -2.14. The quantitative estimate of drug-likeness (QED) is 0.671. The minimum absolute atomic E-state index is 0.230. The first-order chi connectivity index (χ1) is 10.2. The van der Waals surface area contributed by atoms with Crippen LogP contribution < -0.4 is 11.1 Å². The molecule has 2 aromatic heterocycles. The van der Waals surface area contributed by atoms with Crippen LogP contribution >= 0.6 is 22.7 Å². The third-order valence-corrected chi connectivity index (χ3v) is 4.29. The molecule has 0 fully saturated rings. The van der Waals surface area contributed by atoms with Crippen molar-refractivity contribution in [2.24, 2.45) is 5.73 Å². The van der Waals surface area contributed by atoms with E-state index in [1.807, 2.05) is 0 Å². The molecule has 0 aliphatic carbocycles. The zero-order valence-corrected chi connectivity index (χ0v) is 12.8. The van der Waals surface area contributed by atoms with Crippen molar-refractivity contribution in [1.82, 2.24) is 0 Å². The van der Waals surface area contributed by atoms with Crippen LogP contribution in [-0.2, 0) is 4.74 Å². The molecule has 2 heterocycles. The molecule has 0 radical (unpaired) electrons. The van der Waals surface area contributed by atoms with Gasteiger partial charge < -0.3 is 15.8 Å². The van der Waals surface area contributed by atoms with Crippen molar-refractivity contribution in [1.29, 1.82) is 0 Å². The summed E-state index contributed by atoms with van der Waals surface area (Å²) in [5.41, 5.74) is 6.38. The number of thiophene rings is 2. The summed E-state index contributed by atoms with van der Waals surface area (Å²) in [6.07, 6.45) is 0. The van der Waals surface area contributed by atoms with Gasteiger partial charge in [0.05, 0.1) is 19.3 Å². The second-order valence-corrected chi connectivity index (χ2v) is 5.61. The van der Waals surface area contributed by atoms with Crippen LogP contribution in [0.5, 0.6) is 0 Å². The Morgan fingerprint density at radius 2 is 2.00 bits per heavy atom. The van der Waals surface area contributed by atoms with Crippen molar-refractivity contribution < 1.29 is 14.3 Å². The number of nitrogens with two attached hydrogens (primary N) is 1. The smallest absolute Gasteiger partial charge is 0.350 e. The number of nitrogens with one attached hydrogen (secondary N) is 1. The summed E-state index contributed by atoms with van der Waals surface area (Å²) in [4.78, 5) is 24.7. The standard InChI is InChI=1S/C14H12N2O3S2/c1-19-14(18)12-10(5-8-21-12)16-13(17)11-9(3-2-6-15)4-7-20-11/h4-5,7-8H,6,15H2,1H3,(H,16,17). The van der Waals surface area contributed by atoms with Crippen LogP contribution in [0.2, 0.25) is 0 Å². The van der Waals surface area contributed by atoms with Gasteiger partial charge in [0, 0.05) is 5.56 Å². The van der Waals surface area contributed by atoms with Gasteiger partial charge in [-0.3, -0.25) is 4.79 Å². The molecule has 0 aliphatic heterocycles. The molecule has 3 N–H and O–H groups in total. The molecule has 108 valence electrons. The van der Waals surface area contributed by atoms with Crippen molar-refractivity contribution in [3.8, 4) is 11.8 Å². The Balaban J connectivity index is 2.21. The number of hydrogen-bond donors (Lipinski definition) is 2. The summed E-state index contributed by atoms with van der Waals surface area (Å²) in [6, 6.07) is 3.42. The lowest BCUT2D eigenvalue weighted by atomic mass is 10.2. The van der Waals surface area contributed by atoms with Crippen LogP contribution in [0, 0.1) is 11.8 Å². The number of anilines is 1. The minimum atomic E-state index is -0.477. The highest BCUT2D eigenvalue weighted by molar-refractivity contribution is 7.13. The third-order valence-electron chi connectivity index (χ3n) is 2.48. The number of esters is 1. The molecule has 0 aliphatic rings. The van der Waals surface area contributed by atoms with Crippen molar-refractivity contribution in [3.05, 3.63) is 38.2 Å². The molecule has 21 heavy (non-hydrogen) atoms. The molecule has 2 rings (SSSR count). The number of ether oxygens (including phenoxy) is 1. The zero-order valence-electron chi connectivity index (χ0n) is 11.1. The lowest BCUT2D eigenvalue weighted by Gasteiger charge is -2.04. The molecular weight excluding hydrogens is 308 g/mol. The molecule has 0 unspecified atom stereocenters. The fourth-order valence-electron chi connectivity index (χ4n) is 1.57. The molecule has 0 aromatic carbocycles. The van der Waals surface area contributed by atoms with E-state index in [0.717, 1.165) is 0 Å². The molecule has 0 bridgehead atoms. The van der Waals surface area contributed by atoms with Crippen molar-refractivity contribution in [2.45, 2.75) is 0 Å². The Morgan fingerprint density at radius 1 is 1.29 bits per heavy atom. The van der Waals surface area contributed by atoms with Gasteiger partial charge in [0.2, 0.25) is 0 Å². The first kappa shape index (κ1) is 15.3. The second kappa shape index (κ2) is 7.04. The lowest BCUT2D eigenvalue weighted by Crippen LogP contribution is -2.13. The number of rotatable bonds is 3. The maximum Gasteiger partial charge on any atom is 0.350 e. The minimum Gasteiger partial charge on any atom is -0.465 e. The SMILES string of the molecule is COC(=O)c1sccc1NC(=O)c1sccc1C#CCN. The highest BCUT2D eigenvalue weighted by Gasteiger charge is 2.18. The van der Waals surface area contributed by atoms with E-state index in [4.69, 9.17) is 5.73 Å². The van der Waals surface area contributed by atoms with E-state index < -0.39 is 5.97 Å². The van der Waals surface area contributed by atoms with Crippen molar-refractivity contribution in [3.63, 3.8) is 0 Å². The van der Waals surface area contributed by atoms with Crippen LogP contribution in [0.3, 0.4) is 0 Å². The molecule has 0 atom stereocenters. The van der Waals surface area contributed by atoms with Gasteiger partial charge in [-0.15, -0.1) is 22.7 Å². The third kappa shape index (κ3) is 3.49.